The summed E-state index contributed by atoms with van der Waals surface area (Å²) >= 11 is 0. The molecule has 1 saturated heterocycles. The van der Waals surface area contributed by atoms with E-state index in [1.165, 1.54) is 0 Å². The van der Waals surface area contributed by atoms with Gasteiger partial charge in [0.05, 0.1) is 25.2 Å². The first-order valence-electron chi connectivity index (χ1n) is 8.54. The molecule has 0 aliphatic carbocycles. The van der Waals surface area contributed by atoms with Crippen molar-refractivity contribution in [2.75, 3.05) is 38.3 Å². The van der Waals surface area contributed by atoms with Gasteiger partial charge in [0.25, 0.3) is 0 Å². The number of benzene rings is 1. The number of rotatable bonds is 8. The number of nitrogens with zero attached hydrogens (tertiary/aromatic N) is 1. The van der Waals surface area contributed by atoms with Crippen LogP contribution in [0.25, 0.3) is 0 Å². The highest BCUT2D eigenvalue weighted by Crippen LogP contribution is 2.18. The predicted octanol–water partition coefficient (Wildman–Crippen LogP) is 1.21. The maximum Gasteiger partial charge on any atom is 0.191 e. The van der Waals surface area contributed by atoms with E-state index in [1.54, 1.807) is 7.11 Å². The van der Waals surface area contributed by atoms with Crippen LogP contribution in [0.4, 0.5) is 0 Å². The van der Waals surface area contributed by atoms with Crippen molar-refractivity contribution in [2.24, 2.45) is 4.99 Å². The number of hydrogen-bond acceptors (Lipinski definition) is 5. The molecule has 1 aromatic carbocycles. The minimum atomic E-state index is -2.90. The molecule has 1 fully saturated rings. The molecule has 0 aromatic heterocycles. The molecular formula is C17H27N3O4S. The van der Waals surface area contributed by atoms with Crippen LogP contribution in [-0.2, 0) is 9.84 Å². The van der Waals surface area contributed by atoms with Crippen LogP contribution in [0.2, 0.25) is 0 Å². The Hall–Kier alpha value is -1.96. The number of ether oxygens (including phenoxy) is 2. The molecule has 1 aliphatic rings. The van der Waals surface area contributed by atoms with Crippen LogP contribution in [-0.4, -0.2) is 58.7 Å². The van der Waals surface area contributed by atoms with Crippen molar-refractivity contribution in [3.05, 3.63) is 24.3 Å². The molecule has 0 amide bonds. The Morgan fingerprint density at radius 1 is 1.36 bits per heavy atom. The predicted molar refractivity (Wildman–Crippen MR) is 99.3 cm³/mol. The molecule has 1 atom stereocenters. The van der Waals surface area contributed by atoms with Crippen molar-refractivity contribution in [2.45, 2.75) is 25.8 Å². The van der Waals surface area contributed by atoms with Gasteiger partial charge in [0.2, 0.25) is 0 Å². The van der Waals surface area contributed by atoms with Gasteiger partial charge in [-0.25, -0.2) is 8.42 Å². The zero-order valence-corrected chi connectivity index (χ0v) is 15.6. The molecule has 1 unspecified atom stereocenters. The Bertz CT molecular complexity index is 676. The molecule has 0 bridgehead atoms. The molecule has 2 rings (SSSR count). The van der Waals surface area contributed by atoms with Crippen LogP contribution in [0.5, 0.6) is 11.5 Å². The summed E-state index contributed by atoms with van der Waals surface area (Å²) in [5.74, 6) is 2.62. The quantitative estimate of drug-likeness (QED) is 0.407. The molecule has 0 radical (unpaired) electrons. The molecule has 25 heavy (non-hydrogen) atoms. The van der Waals surface area contributed by atoms with Crippen molar-refractivity contribution in [1.82, 2.24) is 10.6 Å². The lowest BCUT2D eigenvalue weighted by atomic mass is 10.3. The topological polar surface area (TPSA) is 89.0 Å². The van der Waals surface area contributed by atoms with E-state index in [0.717, 1.165) is 24.5 Å². The Labute approximate surface area is 149 Å². The van der Waals surface area contributed by atoms with E-state index >= 15 is 0 Å². The molecule has 2 N–H and O–H groups in total. The number of sulfone groups is 1. The second-order valence-corrected chi connectivity index (χ2v) is 8.11. The highest BCUT2D eigenvalue weighted by Gasteiger charge is 2.28. The normalized spacial score (nSPS) is 19.4. The summed E-state index contributed by atoms with van der Waals surface area (Å²) in [5, 5.41) is 6.35. The highest BCUT2D eigenvalue weighted by molar-refractivity contribution is 7.91. The smallest absolute Gasteiger partial charge is 0.191 e. The summed E-state index contributed by atoms with van der Waals surface area (Å²) in [6.45, 7) is 3.85. The van der Waals surface area contributed by atoms with Crippen molar-refractivity contribution in [1.29, 1.82) is 0 Å². The summed E-state index contributed by atoms with van der Waals surface area (Å²) in [6.07, 6.45) is 1.39. The van der Waals surface area contributed by atoms with E-state index in [-0.39, 0.29) is 17.5 Å². The van der Waals surface area contributed by atoms with Gasteiger partial charge in [0.1, 0.15) is 11.5 Å². The van der Waals surface area contributed by atoms with Crippen molar-refractivity contribution in [3.63, 3.8) is 0 Å². The van der Waals surface area contributed by atoms with Crippen molar-refractivity contribution >= 4 is 15.8 Å². The van der Waals surface area contributed by atoms with E-state index in [1.807, 2.05) is 31.2 Å². The van der Waals surface area contributed by atoms with E-state index in [4.69, 9.17) is 9.47 Å². The second-order valence-electron chi connectivity index (χ2n) is 5.89. The SMILES string of the molecule is CCNC(=NCCCOc1cccc(OC)c1)NC1CCS(=O)(=O)C1. The van der Waals surface area contributed by atoms with Crippen LogP contribution in [0.3, 0.4) is 0 Å². The largest absolute Gasteiger partial charge is 0.497 e. The summed E-state index contributed by atoms with van der Waals surface area (Å²) in [7, 11) is -1.27. The van der Waals surface area contributed by atoms with Gasteiger partial charge < -0.3 is 20.1 Å². The van der Waals surface area contributed by atoms with Gasteiger partial charge in [-0.05, 0) is 25.5 Å². The Morgan fingerprint density at radius 2 is 2.16 bits per heavy atom. The third-order valence-corrected chi connectivity index (χ3v) is 5.57. The molecule has 7 nitrogen and oxygen atoms in total. The van der Waals surface area contributed by atoms with E-state index in [9.17, 15) is 8.42 Å². The summed E-state index contributed by atoms with van der Waals surface area (Å²) in [5.41, 5.74) is 0. The maximum absolute atomic E-state index is 11.5. The van der Waals surface area contributed by atoms with Crippen LogP contribution < -0.4 is 20.1 Å². The molecular weight excluding hydrogens is 342 g/mol. The fraction of sp³-hybridized carbons (Fsp3) is 0.588. The first kappa shape index (κ1) is 19.4. The number of guanidine groups is 1. The third-order valence-electron chi connectivity index (χ3n) is 3.80. The molecule has 0 spiro atoms. The van der Waals surface area contributed by atoms with Crippen LogP contribution in [0, 0.1) is 0 Å². The fourth-order valence-electron chi connectivity index (χ4n) is 2.56. The number of aliphatic imine (C=N–C) groups is 1. The van der Waals surface area contributed by atoms with Gasteiger partial charge in [-0.3, -0.25) is 4.99 Å². The van der Waals surface area contributed by atoms with Gasteiger partial charge in [-0.2, -0.15) is 0 Å². The fourth-order valence-corrected chi connectivity index (χ4v) is 4.23. The monoisotopic (exact) mass is 369 g/mol. The lowest BCUT2D eigenvalue weighted by Gasteiger charge is -2.15. The molecule has 1 heterocycles. The standard InChI is InChI=1S/C17H27N3O4S/c1-3-18-17(20-14-8-11-25(21,22)13-14)19-9-5-10-24-16-7-4-6-15(12-16)23-2/h4,6-7,12,14H,3,5,8-11,13H2,1-2H3,(H2,18,19,20). The first-order valence-corrected chi connectivity index (χ1v) is 10.4. The lowest BCUT2D eigenvalue weighted by Crippen LogP contribution is -2.44. The zero-order valence-electron chi connectivity index (χ0n) is 14.8. The van der Waals surface area contributed by atoms with Gasteiger partial charge in [-0.15, -0.1) is 0 Å². The van der Waals surface area contributed by atoms with E-state index < -0.39 is 9.84 Å². The van der Waals surface area contributed by atoms with Crippen molar-refractivity contribution in [3.8, 4) is 11.5 Å². The van der Waals surface area contributed by atoms with Gasteiger partial charge >= 0.3 is 0 Å². The minimum absolute atomic E-state index is 0.0594. The second kappa shape index (κ2) is 9.50. The number of hydrogen-bond donors (Lipinski definition) is 2. The van der Waals surface area contributed by atoms with Crippen LogP contribution in [0.1, 0.15) is 19.8 Å². The summed E-state index contributed by atoms with van der Waals surface area (Å²) < 4.78 is 33.9. The highest BCUT2D eigenvalue weighted by atomic mass is 32.2. The Kier molecular flexibility index (Phi) is 7.36. The average Bonchev–Trinajstić information content (AvgIpc) is 2.93. The van der Waals surface area contributed by atoms with E-state index in [0.29, 0.717) is 25.5 Å². The Morgan fingerprint density at radius 3 is 2.84 bits per heavy atom. The molecule has 0 saturated carbocycles. The van der Waals surface area contributed by atoms with E-state index in [2.05, 4.69) is 15.6 Å². The molecule has 1 aromatic rings. The van der Waals surface area contributed by atoms with Gasteiger partial charge in [0.15, 0.2) is 15.8 Å². The van der Waals surface area contributed by atoms with Crippen LogP contribution in [0.15, 0.2) is 29.3 Å². The number of methoxy groups -OCH3 is 1. The van der Waals surface area contributed by atoms with Gasteiger partial charge in [-0.1, -0.05) is 6.07 Å². The van der Waals surface area contributed by atoms with Crippen molar-refractivity contribution < 1.29 is 17.9 Å². The first-order chi connectivity index (χ1) is 12.0. The third kappa shape index (κ3) is 6.81. The van der Waals surface area contributed by atoms with Crippen LogP contribution >= 0.6 is 0 Å². The molecule has 1 aliphatic heterocycles. The summed E-state index contributed by atoms with van der Waals surface area (Å²) in [6, 6.07) is 7.42. The maximum atomic E-state index is 11.5. The molecule has 140 valence electrons. The molecule has 8 heteroatoms. The average molecular weight is 369 g/mol. The summed E-state index contributed by atoms with van der Waals surface area (Å²) in [4.78, 5) is 4.48. The van der Waals surface area contributed by atoms with Gasteiger partial charge in [0, 0.05) is 31.6 Å². The zero-order chi connectivity index (χ0) is 18.1. The minimum Gasteiger partial charge on any atom is -0.497 e. The lowest BCUT2D eigenvalue weighted by molar-refractivity contribution is 0.311. The Balaban J connectivity index is 1.75. The number of nitrogens with one attached hydrogen (secondary N) is 2.